The standard InChI is InChI=1S/C18H19F3N4OS/c19-18(20,21)13-6-7-15(23-10-13)25-9-3-4-14(11-25)24-16(26)12-27-17-5-1-2-8-22-17/h1-2,5-8,10,14H,3-4,9,11-12H2,(H,24,26)/t14-/m0/s1. The maximum Gasteiger partial charge on any atom is 0.417 e. The van der Waals surface area contributed by atoms with Crippen LogP contribution in [0.25, 0.3) is 0 Å². The Bertz CT molecular complexity index is 755. The number of alkyl halides is 3. The molecule has 5 nitrogen and oxygen atoms in total. The zero-order chi connectivity index (χ0) is 19.3. The van der Waals surface area contributed by atoms with Crippen LogP contribution < -0.4 is 10.2 Å². The molecule has 2 aromatic heterocycles. The molecular weight excluding hydrogens is 377 g/mol. The second-order valence-electron chi connectivity index (χ2n) is 6.21. The summed E-state index contributed by atoms with van der Waals surface area (Å²) < 4.78 is 38.0. The number of aromatic nitrogens is 2. The predicted molar refractivity (Wildman–Crippen MR) is 97.6 cm³/mol. The van der Waals surface area contributed by atoms with Gasteiger partial charge in [0.1, 0.15) is 5.82 Å². The van der Waals surface area contributed by atoms with E-state index in [4.69, 9.17) is 0 Å². The Morgan fingerprint density at radius 3 is 2.78 bits per heavy atom. The SMILES string of the molecule is O=C(CSc1ccccn1)N[C@H]1CCCN(c2ccc(C(F)(F)F)cn2)C1. The molecule has 144 valence electrons. The van der Waals surface area contributed by atoms with Gasteiger partial charge >= 0.3 is 6.18 Å². The van der Waals surface area contributed by atoms with Crippen molar-refractivity contribution in [1.82, 2.24) is 15.3 Å². The molecule has 0 spiro atoms. The number of hydrogen-bond acceptors (Lipinski definition) is 5. The molecule has 27 heavy (non-hydrogen) atoms. The molecule has 1 aliphatic rings. The molecule has 0 saturated carbocycles. The fourth-order valence-corrected chi connectivity index (χ4v) is 3.56. The Labute approximate surface area is 159 Å². The van der Waals surface area contributed by atoms with Gasteiger partial charge in [-0.2, -0.15) is 13.2 Å². The second-order valence-corrected chi connectivity index (χ2v) is 7.21. The van der Waals surface area contributed by atoms with Crippen LogP contribution >= 0.6 is 11.8 Å². The van der Waals surface area contributed by atoms with Crippen molar-refractivity contribution in [2.75, 3.05) is 23.7 Å². The maximum atomic E-state index is 12.7. The van der Waals surface area contributed by atoms with Gasteiger partial charge < -0.3 is 10.2 Å². The Kier molecular flexibility index (Phi) is 6.20. The van der Waals surface area contributed by atoms with Crippen molar-refractivity contribution in [3.05, 3.63) is 48.3 Å². The van der Waals surface area contributed by atoms with Crippen LogP contribution in [0.2, 0.25) is 0 Å². The minimum atomic E-state index is -4.39. The highest BCUT2D eigenvalue weighted by Gasteiger charge is 2.31. The number of hydrogen-bond donors (Lipinski definition) is 1. The number of rotatable bonds is 5. The molecule has 1 fully saturated rings. The Morgan fingerprint density at radius 1 is 1.26 bits per heavy atom. The van der Waals surface area contributed by atoms with E-state index in [0.717, 1.165) is 30.1 Å². The van der Waals surface area contributed by atoms with Crippen molar-refractivity contribution in [3.8, 4) is 0 Å². The summed E-state index contributed by atoms with van der Waals surface area (Å²) in [6, 6.07) is 7.88. The van der Waals surface area contributed by atoms with Crippen molar-refractivity contribution in [1.29, 1.82) is 0 Å². The first-order chi connectivity index (χ1) is 12.9. The highest BCUT2D eigenvalue weighted by atomic mass is 32.2. The lowest BCUT2D eigenvalue weighted by Gasteiger charge is -2.34. The molecule has 1 saturated heterocycles. The van der Waals surface area contributed by atoms with Gasteiger partial charge in [0.15, 0.2) is 0 Å². The summed E-state index contributed by atoms with van der Waals surface area (Å²) in [4.78, 5) is 22.2. The van der Waals surface area contributed by atoms with Crippen LogP contribution in [-0.4, -0.2) is 40.8 Å². The Hall–Kier alpha value is -2.29. The molecule has 3 rings (SSSR count). The van der Waals surface area contributed by atoms with Gasteiger partial charge in [-0.15, -0.1) is 0 Å². The van der Waals surface area contributed by atoms with Gasteiger partial charge in [-0.3, -0.25) is 4.79 Å². The number of halogens is 3. The molecule has 1 aliphatic heterocycles. The van der Waals surface area contributed by atoms with Crippen LogP contribution in [0.3, 0.4) is 0 Å². The van der Waals surface area contributed by atoms with E-state index in [1.807, 2.05) is 23.1 Å². The number of carbonyl (C=O) groups is 1. The number of anilines is 1. The fraction of sp³-hybridized carbons (Fsp3) is 0.389. The molecule has 2 aromatic rings. The van der Waals surface area contributed by atoms with Crippen molar-refractivity contribution in [3.63, 3.8) is 0 Å². The molecule has 1 atom stereocenters. The Balaban J connectivity index is 1.52. The van der Waals surface area contributed by atoms with Crippen molar-refractivity contribution in [2.24, 2.45) is 0 Å². The first-order valence-electron chi connectivity index (χ1n) is 8.53. The quantitative estimate of drug-likeness (QED) is 0.786. The average molecular weight is 396 g/mol. The molecule has 0 aromatic carbocycles. The second kappa shape index (κ2) is 8.60. The van der Waals surface area contributed by atoms with E-state index in [1.165, 1.54) is 17.8 Å². The topological polar surface area (TPSA) is 58.1 Å². The van der Waals surface area contributed by atoms with E-state index in [0.29, 0.717) is 18.9 Å². The van der Waals surface area contributed by atoms with Crippen LogP contribution in [0.1, 0.15) is 18.4 Å². The van der Waals surface area contributed by atoms with E-state index in [1.54, 1.807) is 6.20 Å². The maximum absolute atomic E-state index is 12.7. The summed E-state index contributed by atoms with van der Waals surface area (Å²) in [5, 5.41) is 3.77. The predicted octanol–water partition coefficient (Wildman–Crippen LogP) is 3.37. The first kappa shape index (κ1) is 19.5. The van der Waals surface area contributed by atoms with Gasteiger partial charge in [0, 0.05) is 31.5 Å². The van der Waals surface area contributed by atoms with Crippen LogP contribution in [0.5, 0.6) is 0 Å². The van der Waals surface area contributed by atoms with Gasteiger partial charge in [0.25, 0.3) is 0 Å². The zero-order valence-electron chi connectivity index (χ0n) is 14.4. The van der Waals surface area contributed by atoms with E-state index in [9.17, 15) is 18.0 Å². The average Bonchev–Trinajstić information content (AvgIpc) is 2.67. The number of piperidine rings is 1. The lowest BCUT2D eigenvalue weighted by molar-refractivity contribution is -0.137. The number of thioether (sulfide) groups is 1. The van der Waals surface area contributed by atoms with Crippen molar-refractivity contribution in [2.45, 2.75) is 30.1 Å². The molecule has 0 aliphatic carbocycles. The van der Waals surface area contributed by atoms with Crippen molar-refractivity contribution >= 4 is 23.5 Å². The largest absolute Gasteiger partial charge is 0.417 e. The van der Waals surface area contributed by atoms with E-state index >= 15 is 0 Å². The lowest BCUT2D eigenvalue weighted by Crippen LogP contribution is -2.48. The number of nitrogens with zero attached hydrogens (tertiary/aromatic N) is 3. The third-order valence-corrected chi connectivity index (χ3v) is 5.12. The number of pyridine rings is 2. The fourth-order valence-electron chi connectivity index (χ4n) is 2.89. The van der Waals surface area contributed by atoms with E-state index in [2.05, 4.69) is 15.3 Å². The van der Waals surface area contributed by atoms with E-state index in [-0.39, 0.29) is 17.7 Å². The van der Waals surface area contributed by atoms with Crippen LogP contribution in [0.4, 0.5) is 19.0 Å². The highest BCUT2D eigenvalue weighted by Crippen LogP contribution is 2.29. The number of carbonyl (C=O) groups excluding carboxylic acids is 1. The molecule has 1 amide bonds. The normalized spacial score (nSPS) is 17.6. The van der Waals surface area contributed by atoms with Crippen LogP contribution in [0, 0.1) is 0 Å². The summed E-state index contributed by atoms with van der Waals surface area (Å²) in [5.41, 5.74) is -0.764. The Morgan fingerprint density at radius 2 is 2.11 bits per heavy atom. The molecule has 0 unspecified atom stereocenters. The van der Waals surface area contributed by atoms with Gasteiger partial charge in [-0.25, -0.2) is 9.97 Å². The third-order valence-electron chi connectivity index (χ3n) is 4.17. The van der Waals surface area contributed by atoms with Gasteiger partial charge in [-0.05, 0) is 37.1 Å². The molecule has 9 heteroatoms. The minimum Gasteiger partial charge on any atom is -0.355 e. The smallest absolute Gasteiger partial charge is 0.355 e. The molecule has 0 bridgehead atoms. The van der Waals surface area contributed by atoms with E-state index < -0.39 is 11.7 Å². The number of amides is 1. The van der Waals surface area contributed by atoms with Gasteiger partial charge in [0.05, 0.1) is 16.3 Å². The molecule has 3 heterocycles. The number of nitrogens with one attached hydrogen (secondary N) is 1. The lowest BCUT2D eigenvalue weighted by atomic mass is 10.1. The molecule has 1 N–H and O–H groups in total. The highest BCUT2D eigenvalue weighted by molar-refractivity contribution is 7.99. The summed E-state index contributed by atoms with van der Waals surface area (Å²) in [5.74, 6) is 0.675. The zero-order valence-corrected chi connectivity index (χ0v) is 15.3. The summed E-state index contributed by atoms with van der Waals surface area (Å²) in [6.45, 7) is 1.23. The molecule has 0 radical (unpaired) electrons. The van der Waals surface area contributed by atoms with Gasteiger partial charge in [0.2, 0.25) is 5.91 Å². The van der Waals surface area contributed by atoms with Crippen LogP contribution in [0.15, 0.2) is 47.8 Å². The molecular formula is C18H19F3N4OS. The monoisotopic (exact) mass is 396 g/mol. The van der Waals surface area contributed by atoms with Gasteiger partial charge in [-0.1, -0.05) is 17.8 Å². The first-order valence-corrected chi connectivity index (χ1v) is 9.52. The minimum absolute atomic E-state index is 0.0559. The van der Waals surface area contributed by atoms with Crippen molar-refractivity contribution < 1.29 is 18.0 Å². The third kappa shape index (κ3) is 5.59. The summed E-state index contributed by atoms with van der Waals surface area (Å²) in [6.07, 6.45) is -0.204. The summed E-state index contributed by atoms with van der Waals surface area (Å²) >= 11 is 1.36. The van der Waals surface area contributed by atoms with Crippen LogP contribution in [-0.2, 0) is 11.0 Å². The summed E-state index contributed by atoms with van der Waals surface area (Å²) in [7, 11) is 0.